The first kappa shape index (κ1) is 23.4. The molecule has 1 heterocycles. The van der Waals surface area contributed by atoms with E-state index in [9.17, 15) is 22.8 Å². The summed E-state index contributed by atoms with van der Waals surface area (Å²) in [4.78, 5) is 28.3. The van der Waals surface area contributed by atoms with E-state index >= 15 is 0 Å². The van der Waals surface area contributed by atoms with Gasteiger partial charge in [-0.3, -0.25) is 9.69 Å². The van der Waals surface area contributed by atoms with Crippen LogP contribution >= 0.6 is 0 Å². The van der Waals surface area contributed by atoms with Gasteiger partial charge in [0.05, 0.1) is 12.7 Å². The highest BCUT2D eigenvalue weighted by atomic mass is 19.4. The summed E-state index contributed by atoms with van der Waals surface area (Å²) in [6.07, 6.45) is -4.20. The molecular weight excluding hydrogens is 425 g/mol. The number of halogens is 3. The molecular formula is C22H25F3N4O3. The molecule has 2 N–H and O–H groups in total. The summed E-state index contributed by atoms with van der Waals surface area (Å²) in [7, 11) is 4.97. The first-order chi connectivity index (χ1) is 15.1. The molecule has 1 aliphatic heterocycles. The Balaban J connectivity index is 1.75. The molecule has 0 atom stereocenters. The van der Waals surface area contributed by atoms with Gasteiger partial charge in [0, 0.05) is 36.6 Å². The number of nitrogens with zero attached hydrogens (tertiary/aromatic N) is 2. The smallest absolute Gasteiger partial charge is 0.420 e. The van der Waals surface area contributed by atoms with E-state index in [2.05, 4.69) is 10.6 Å². The zero-order chi connectivity index (χ0) is 23.5. The normalized spacial score (nSPS) is 13.2. The lowest BCUT2D eigenvalue weighted by atomic mass is 10.1. The quantitative estimate of drug-likeness (QED) is 0.706. The number of amides is 3. The number of urea groups is 1. The van der Waals surface area contributed by atoms with Crippen LogP contribution in [-0.2, 0) is 12.6 Å². The second-order valence-corrected chi connectivity index (χ2v) is 7.65. The molecule has 7 nitrogen and oxygen atoms in total. The van der Waals surface area contributed by atoms with Gasteiger partial charge in [-0.25, -0.2) is 4.79 Å². The molecule has 0 radical (unpaired) electrons. The first-order valence-corrected chi connectivity index (χ1v) is 9.99. The Bertz CT molecular complexity index is 1010. The van der Waals surface area contributed by atoms with E-state index in [-0.39, 0.29) is 23.9 Å². The van der Waals surface area contributed by atoms with Crippen molar-refractivity contribution in [2.45, 2.75) is 12.6 Å². The summed E-state index contributed by atoms with van der Waals surface area (Å²) in [5, 5.41) is 5.46. The van der Waals surface area contributed by atoms with Crippen molar-refractivity contribution in [3.8, 4) is 5.75 Å². The van der Waals surface area contributed by atoms with Crippen LogP contribution in [0.3, 0.4) is 0 Å². The second-order valence-electron chi connectivity index (χ2n) is 7.65. The van der Waals surface area contributed by atoms with E-state index in [1.54, 1.807) is 18.2 Å². The molecule has 172 valence electrons. The van der Waals surface area contributed by atoms with Gasteiger partial charge in [0.2, 0.25) is 0 Å². The van der Waals surface area contributed by atoms with Crippen LogP contribution in [0.1, 0.15) is 21.5 Å². The fourth-order valence-electron chi connectivity index (χ4n) is 3.44. The number of hydrogen-bond donors (Lipinski definition) is 2. The molecule has 0 aromatic heterocycles. The Morgan fingerprint density at radius 1 is 1.19 bits per heavy atom. The van der Waals surface area contributed by atoms with Crippen molar-refractivity contribution in [3.05, 3.63) is 53.1 Å². The molecule has 0 bridgehead atoms. The number of fused-ring (bicyclic) bond motifs is 1. The summed E-state index contributed by atoms with van der Waals surface area (Å²) in [5.41, 5.74) is 0.586. The predicted octanol–water partition coefficient (Wildman–Crippen LogP) is 3.60. The number of hydrogen-bond acceptors (Lipinski definition) is 4. The highest BCUT2D eigenvalue weighted by Crippen LogP contribution is 2.42. The minimum Gasteiger partial charge on any atom is -0.496 e. The Morgan fingerprint density at radius 3 is 2.59 bits per heavy atom. The van der Waals surface area contributed by atoms with Crippen LogP contribution in [0.4, 0.5) is 29.3 Å². The van der Waals surface area contributed by atoms with Gasteiger partial charge in [0.15, 0.2) is 0 Å². The molecule has 1 aliphatic rings. The third-order valence-electron chi connectivity index (χ3n) is 5.07. The molecule has 32 heavy (non-hydrogen) atoms. The number of rotatable bonds is 6. The van der Waals surface area contributed by atoms with Gasteiger partial charge in [-0.05, 0) is 56.4 Å². The minimum atomic E-state index is -4.61. The van der Waals surface area contributed by atoms with E-state index in [0.717, 1.165) is 6.07 Å². The van der Waals surface area contributed by atoms with E-state index in [4.69, 9.17) is 4.74 Å². The maximum atomic E-state index is 13.4. The molecule has 0 spiro atoms. The van der Waals surface area contributed by atoms with Crippen molar-refractivity contribution < 1.29 is 27.5 Å². The predicted molar refractivity (Wildman–Crippen MR) is 115 cm³/mol. The maximum absolute atomic E-state index is 13.4. The topological polar surface area (TPSA) is 73.9 Å². The number of ether oxygens (including phenoxy) is 1. The fraction of sp³-hybridized carbons (Fsp3) is 0.364. The number of carbonyl (C=O) groups excluding carboxylic acids is 2. The average molecular weight is 450 g/mol. The standard InChI is InChI=1S/C22H25F3N4O3/c1-28(2)10-8-26-20(30)15-5-4-6-16(11-15)27-21(31)29-9-7-14-12-19(32-3)17(13-18(14)29)22(23,24)25/h4-6,11-13H,7-10H2,1-3H3,(H,26,30)(H,27,31). The van der Waals surface area contributed by atoms with Gasteiger partial charge in [0.1, 0.15) is 5.75 Å². The number of nitrogens with one attached hydrogen (secondary N) is 2. The van der Waals surface area contributed by atoms with Crippen LogP contribution in [0.2, 0.25) is 0 Å². The molecule has 0 aliphatic carbocycles. The zero-order valence-electron chi connectivity index (χ0n) is 18.0. The largest absolute Gasteiger partial charge is 0.496 e. The van der Waals surface area contributed by atoms with Gasteiger partial charge in [-0.1, -0.05) is 6.07 Å². The van der Waals surface area contributed by atoms with Gasteiger partial charge < -0.3 is 20.3 Å². The van der Waals surface area contributed by atoms with Crippen LogP contribution in [-0.4, -0.2) is 57.7 Å². The fourth-order valence-corrected chi connectivity index (χ4v) is 3.44. The molecule has 3 amide bonds. The monoisotopic (exact) mass is 450 g/mol. The lowest BCUT2D eigenvalue weighted by molar-refractivity contribution is -0.138. The molecule has 0 fully saturated rings. The van der Waals surface area contributed by atoms with Crippen LogP contribution < -0.4 is 20.3 Å². The molecule has 0 unspecified atom stereocenters. The number of methoxy groups -OCH3 is 1. The second kappa shape index (κ2) is 9.47. The summed E-state index contributed by atoms with van der Waals surface area (Å²) in [6.45, 7) is 1.38. The molecule has 0 saturated carbocycles. The maximum Gasteiger partial charge on any atom is 0.420 e. The van der Waals surface area contributed by atoms with E-state index in [1.807, 2.05) is 19.0 Å². The summed E-state index contributed by atoms with van der Waals surface area (Å²) in [5.74, 6) is -0.553. The first-order valence-electron chi connectivity index (χ1n) is 9.99. The van der Waals surface area contributed by atoms with Crippen molar-refractivity contribution in [2.24, 2.45) is 0 Å². The molecule has 2 aromatic rings. The van der Waals surface area contributed by atoms with Crippen molar-refractivity contribution in [1.82, 2.24) is 10.2 Å². The van der Waals surface area contributed by atoms with E-state index in [1.165, 1.54) is 24.1 Å². The Hall–Kier alpha value is -3.27. The molecule has 10 heteroatoms. The summed E-state index contributed by atoms with van der Waals surface area (Å²) < 4.78 is 45.1. The third-order valence-corrected chi connectivity index (χ3v) is 5.07. The van der Waals surface area contributed by atoms with Crippen molar-refractivity contribution in [1.29, 1.82) is 0 Å². The van der Waals surface area contributed by atoms with Gasteiger partial charge in [-0.15, -0.1) is 0 Å². The van der Waals surface area contributed by atoms with Crippen LogP contribution in [0.25, 0.3) is 0 Å². The van der Waals surface area contributed by atoms with Gasteiger partial charge in [-0.2, -0.15) is 13.2 Å². The molecule has 3 rings (SSSR count). The molecule has 0 saturated heterocycles. The summed E-state index contributed by atoms with van der Waals surface area (Å²) in [6, 6.07) is 8.07. The van der Waals surface area contributed by atoms with Crippen molar-refractivity contribution in [2.75, 3.05) is 51.1 Å². The minimum absolute atomic E-state index is 0.188. The summed E-state index contributed by atoms with van der Waals surface area (Å²) >= 11 is 0. The lowest BCUT2D eigenvalue weighted by Crippen LogP contribution is -2.34. The van der Waals surface area contributed by atoms with E-state index < -0.39 is 17.8 Å². The number of carbonyl (C=O) groups is 2. The Morgan fingerprint density at radius 2 is 1.94 bits per heavy atom. The number of anilines is 2. The third kappa shape index (κ3) is 5.31. The highest BCUT2D eigenvalue weighted by molar-refractivity contribution is 6.04. The Labute approximate surface area is 184 Å². The van der Waals surface area contributed by atoms with Crippen LogP contribution in [0.5, 0.6) is 5.75 Å². The van der Waals surface area contributed by atoms with Crippen molar-refractivity contribution in [3.63, 3.8) is 0 Å². The number of benzene rings is 2. The van der Waals surface area contributed by atoms with Crippen molar-refractivity contribution >= 4 is 23.3 Å². The van der Waals surface area contributed by atoms with Crippen LogP contribution in [0.15, 0.2) is 36.4 Å². The Kier molecular flexibility index (Phi) is 6.93. The number of alkyl halides is 3. The average Bonchev–Trinajstić information content (AvgIpc) is 3.15. The van der Waals surface area contributed by atoms with E-state index in [0.29, 0.717) is 36.3 Å². The highest BCUT2D eigenvalue weighted by Gasteiger charge is 2.37. The lowest BCUT2D eigenvalue weighted by Gasteiger charge is -2.20. The molecule has 2 aromatic carbocycles. The number of likely N-dealkylation sites (N-methyl/N-ethyl adjacent to an activating group) is 1. The SMILES string of the molecule is COc1cc2c(cc1C(F)(F)F)N(C(=O)Nc1cccc(C(=O)NCCN(C)C)c1)CC2. The zero-order valence-corrected chi connectivity index (χ0v) is 18.0. The van der Waals surface area contributed by atoms with Gasteiger partial charge in [0.25, 0.3) is 5.91 Å². The van der Waals surface area contributed by atoms with Gasteiger partial charge >= 0.3 is 12.2 Å². The van der Waals surface area contributed by atoms with Crippen LogP contribution in [0, 0.1) is 0 Å².